The summed E-state index contributed by atoms with van der Waals surface area (Å²) in [6.07, 6.45) is 21.0. The molecule has 0 aromatic carbocycles. The molecule has 0 saturated heterocycles. The summed E-state index contributed by atoms with van der Waals surface area (Å²) in [6, 6.07) is 0. The molecule has 0 atom stereocenters. The van der Waals surface area contributed by atoms with Crippen molar-refractivity contribution in [2.24, 2.45) is 5.41 Å². The molecule has 0 saturated carbocycles. The van der Waals surface area contributed by atoms with Gasteiger partial charge in [-0.05, 0) is 11.8 Å². The molecule has 1 amide bonds. The summed E-state index contributed by atoms with van der Waals surface area (Å²) < 4.78 is 10.3. The number of carbonyl (C=O) groups is 2. The lowest BCUT2D eigenvalue weighted by molar-refractivity contribution is -0.143. The molecule has 0 aliphatic heterocycles. The van der Waals surface area contributed by atoms with Gasteiger partial charge in [0, 0.05) is 6.54 Å². The zero-order valence-electron chi connectivity index (χ0n) is 21.8. The minimum absolute atomic E-state index is 0.0663. The second kappa shape index (κ2) is 21.6. The number of ether oxygens (including phenoxy) is 2. The van der Waals surface area contributed by atoms with Crippen molar-refractivity contribution in [3.8, 4) is 0 Å². The average Bonchev–Trinajstić information content (AvgIpc) is 2.74. The molecule has 0 radical (unpaired) electrons. The topological polar surface area (TPSA) is 64.6 Å². The zero-order chi connectivity index (χ0) is 23.9. The van der Waals surface area contributed by atoms with Crippen molar-refractivity contribution in [3.63, 3.8) is 0 Å². The highest BCUT2D eigenvalue weighted by atomic mass is 16.5. The minimum Gasteiger partial charge on any atom is -0.466 e. The zero-order valence-corrected chi connectivity index (χ0v) is 21.8. The van der Waals surface area contributed by atoms with Crippen LogP contribution in [0, 0.1) is 5.41 Å². The fourth-order valence-electron chi connectivity index (χ4n) is 3.51. The van der Waals surface area contributed by atoms with Crippen LogP contribution in [0.25, 0.3) is 0 Å². The minimum atomic E-state index is -0.481. The van der Waals surface area contributed by atoms with Crippen molar-refractivity contribution >= 4 is 12.1 Å². The van der Waals surface area contributed by atoms with Crippen molar-refractivity contribution in [1.82, 2.24) is 5.32 Å². The Morgan fingerprint density at radius 3 is 1.53 bits per heavy atom. The van der Waals surface area contributed by atoms with Crippen molar-refractivity contribution in [2.45, 2.75) is 137 Å². The third-order valence-corrected chi connectivity index (χ3v) is 5.50. The summed E-state index contributed by atoms with van der Waals surface area (Å²) in [4.78, 5) is 23.2. The maximum absolute atomic E-state index is 11.7. The second-order valence-electron chi connectivity index (χ2n) is 10.3. The molecule has 1 N–H and O–H groups in total. The van der Waals surface area contributed by atoms with Gasteiger partial charge in [-0.2, -0.15) is 0 Å². The highest BCUT2D eigenvalue weighted by Gasteiger charge is 2.13. The van der Waals surface area contributed by atoms with Crippen LogP contribution < -0.4 is 5.32 Å². The number of unbranched alkanes of at least 4 members (excludes halogenated alkanes) is 15. The summed E-state index contributed by atoms with van der Waals surface area (Å²) in [5.74, 6) is -0.262. The number of hydrogen-bond donors (Lipinski definition) is 1. The molecule has 0 aliphatic carbocycles. The van der Waals surface area contributed by atoms with Crippen LogP contribution in [0.3, 0.4) is 0 Å². The van der Waals surface area contributed by atoms with Crippen LogP contribution in [0.2, 0.25) is 0 Å². The van der Waals surface area contributed by atoms with Crippen LogP contribution in [0.4, 0.5) is 4.79 Å². The normalized spacial score (nSPS) is 11.4. The second-order valence-corrected chi connectivity index (χ2v) is 10.3. The average molecular weight is 456 g/mol. The van der Waals surface area contributed by atoms with Crippen LogP contribution in [-0.2, 0) is 14.3 Å². The summed E-state index contributed by atoms with van der Waals surface area (Å²) in [5, 5.41) is 2.58. The predicted molar refractivity (Wildman–Crippen MR) is 134 cm³/mol. The summed E-state index contributed by atoms with van der Waals surface area (Å²) in [7, 11) is 0. The number of amides is 1. The number of alkyl carbamates (subject to hydrolysis) is 1. The standard InChI is InChI=1S/C27H53NO4/c1-5-6-7-8-9-10-11-12-13-14-15-16-17-18-19-20-23-31-25(29)21-22-28-26(30)32-24-27(2,3)4/h5-24H2,1-4H3,(H,28,30). The third-order valence-electron chi connectivity index (χ3n) is 5.50. The molecule has 5 heteroatoms. The lowest BCUT2D eigenvalue weighted by Gasteiger charge is -2.17. The first-order valence-electron chi connectivity index (χ1n) is 13.4. The number of esters is 1. The van der Waals surface area contributed by atoms with Crippen LogP contribution >= 0.6 is 0 Å². The van der Waals surface area contributed by atoms with E-state index in [9.17, 15) is 9.59 Å². The van der Waals surface area contributed by atoms with Gasteiger partial charge in [0.1, 0.15) is 0 Å². The van der Waals surface area contributed by atoms with Gasteiger partial charge in [-0.3, -0.25) is 4.79 Å². The molecule has 0 heterocycles. The van der Waals surface area contributed by atoms with Gasteiger partial charge in [0.2, 0.25) is 0 Å². The number of carbonyl (C=O) groups excluding carboxylic acids is 2. The lowest BCUT2D eigenvalue weighted by Crippen LogP contribution is -2.30. The van der Waals surface area contributed by atoms with E-state index in [2.05, 4.69) is 12.2 Å². The summed E-state index contributed by atoms with van der Waals surface area (Å²) >= 11 is 0. The van der Waals surface area contributed by atoms with E-state index in [0.29, 0.717) is 13.2 Å². The highest BCUT2D eigenvalue weighted by Crippen LogP contribution is 2.14. The maximum atomic E-state index is 11.7. The van der Waals surface area contributed by atoms with E-state index in [4.69, 9.17) is 9.47 Å². The molecule has 0 fully saturated rings. The molecule has 190 valence electrons. The lowest BCUT2D eigenvalue weighted by atomic mass is 9.99. The van der Waals surface area contributed by atoms with E-state index in [-0.39, 0.29) is 24.3 Å². The van der Waals surface area contributed by atoms with Gasteiger partial charge in [-0.25, -0.2) is 4.79 Å². The van der Waals surface area contributed by atoms with E-state index in [0.717, 1.165) is 12.8 Å². The van der Waals surface area contributed by atoms with Gasteiger partial charge in [-0.15, -0.1) is 0 Å². The van der Waals surface area contributed by atoms with Gasteiger partial charge in [-0.1, -0.05) is 124 Å². The molecule has 5 nitrogen and oxygen atoms in total. The summed E-state index contributed by atoms with van der Waals surface area (Å²) in [6.45, 7) is 9.34. The third kappa shape index (κ3) is 25.0. The SMILES string of the molecule is CCCCCCCCCCCCCCCCCCOC(=O)CCNC(=O)OCC(C)(C)C. The van der Waals surface area contributed by atoms with Gasteiger partial charge in [0.05, 0.1) is 19.6 Å². The van der Waals surface area contributed by atoms with Crippen molar-refractivity contribution < 1.29 is 19.1 Å². The Balaban J connectivity index is 3.26. The van der Waals surface area contributed by atoms with Crippen LogP contribution in [0.15, 0.2) is 0 Å². The molecular weight excluding hydrogens is 402 g/mol. The van der Waals surface area contributed by atoms with Crippen molar-refractivity contribution in [2.75, 3.05) is 19.8 Å². The predicted octanol–water partition coefficient (Wildman–Crippen LogP) is 7.95. The molecule has 0 aromatic heterocycles. The largest absolute Gasteiger partial charge is 0.466 e. The molecule has 0 rings (SSSR count). The molecule has 0 aliphatic rings. The molecule has 32 heavy (non-hydrogen) atoms. The Labute approximate surface area is 198 Å². The van der Waals surface area contributed by atoms with Gasteiger partial charge in [0.25, 0.3) is 0 Å². The van der Waals surface area contributed by atoms with E-state index < -0.39 is 6.09 Å². The number of hydrogen-bond acceptors (Lipinski definition) is 4. The number of nitrogens with one attached hydrogen (secondary N) is 1. The van der Waals surface area contributed by atoms with Crippen LogP contribution in [-0.4, -0.2) is 31.8 Å². The quantitative estimate of drug-likeness (QED) is 0.141. The Kier molecular flexibility index (Phi) is 20.7. The van der Waals surface area contributed by atoms with E-state index in [1.807, 2.05) is 20.8 Å². The first kappa shape index (κ1) is 30.7. The fraction of sp³-hybridized carbons (Fsp3) is 0.926. The Morgan fingerprint density at radius 1 is 0.656 bits per heavy atom. The molecule has 0 unspecified atom stereocenters. The van der Waals surface area contributed by atoms with Gasteiger partial charge < -0.3 is 14.8 Å². The van der Waals surface area contributed by atoms with Gasteiger partial charge in [0.15, 0.2) is 0 Å². The van der Waals surface area contributed by atoms with Crippen LogP contribution in [0.5, 0.6) is 0 Å². The smallest absolute Gasteiger partial charge is 0.407 e. The highest BCUT2D eigenvalue weighted by molar-refractivity contribution is 5.71. The fourth-order valence-corrected chi connectivity index (χ4v) is 3.51. The first-order valence-corrected chi connectivity index (χ1v) is 13.4. The molecule has 0 bridgehead atoms. The molecule has 0 spiro atoms. The Hall–Kier alpha value is -1.26. The number of rotatable bonds is 21. The first-order chi connectivity index (χ1) is 15.3. The monoisotopic (exact) mass is 455 g/mol. The van der Waals surface area contributed by atoms with Gasteiger partial charge >= 0.3 is 12.1 Å². The van der Waals surface area contributed by atoms with E-state index in [1.54, 1.807) is 0 Å². The Morgan fingerprint density at radius 2 is 1.09 bits per heavy atom. The van der Waals surface area contributed by atoms with E-state index >= 15 is 0 Å². The molecular formula is C27H53NO4. The summed E-state index contributed by atoms with van der Waals surface area (Å²) in [5.41, 5.74) is -0.0663. The maximum Gasteiger partial charge on any atom is 0.407 e. The van der Waals surface area contributed by atoms with Crippen molar-refractivity contribution in [1.29, 1.82) is 0 Å². The van der Waals surface area contributed by atoms with Crippen LogP contribution in [0.1, 0.15) is 137 Å². The van der Waals surface area contributed by atoms with E-state index in [1.165, 1.54) is 89.9 Å². The Bertz CT molecular complexity index is 445. The molecule has 0 aromatic rings. The van der Waals surface area contributed by atoms with Crippen molar-refractivity contribution in [3.05, 3.63) is 0 Å².